The normalized spacial score (nSPS) is 31.8. The first-order valence-corrected chi connectivity index (χ1v) is 9.96. The summed E-state index contributed by atoms with van der Waals surface area (Å²) in [5.74, 6) is -0.144. The Bertz CT molecular complexity index is 462. The third kappa shape index (κ3) is 4.42. The monoisotopic (exact) mass is 317 g/mol. The van der Waals surface area contributed by atoms with Gasteiger partial charge in [-0.05, 0) is 45.6 Å². The Labute approximate surface area is 127 Å². The molecule has 1 aliphatic heterocycles. The van der Waals surface area contributed by atoms with Gasteiger partial charge in [-0.1, -0.05) is 6.42 Å². The number of ether oxygens (including phenoxy) is 1. The highest BCUT2D eigenvalue weighted by atomic mass is 32.2. The molecule has 0 amide bonds. The number of hydrogen-bond donors (Lipinski definition) is 0. The molecule has 0 N–H and O–H groups in total. The zero-order valence-corrected chi connectivity index (χ0v) is 13.9. The van der Waals surface area contributed by atoms with Gasteiger partial charge < -0.3 is 4.74 Å². The summed E-state index contributed by atoms with van der Waals surface area (Å²) >= 11 is 0. The van der Waals surface area contributed by atoms with Gasteiger partial charge in [-0.3, -0.25) is 9.69 Å². The smallest absolute Gasteiger partial charge is 0.310 e. The number of carbonyl (C=O) groups is 1. The second-order valence-electron chi connectivity index (χ2n) is 6.36. The van der Waals surface area contributed by atoms with Gasteiger partial charge in [-0.15, -0.1) is 0 Å². The number of nitrogens with zero attached hydrogens (tertiary/aromatic N) is 1. The summed E-state index contributed by atoms with van der Waals surface area (Å²) in [4.78, 5) is 14.2. The van der Waals surface area contributed by atoms with E-state index < -0.39 is 9.84 Å². The van der Waals surface area contributed by atoms with E-state index in [9.17, 15) is 13.2 Å². The van der Waals surface area contributed by atoms with Crippen LogP contribution in [0, 0.1) is 5.92 Å². The first-order valence-electron chi connectivity index (χ1n) is 8.01. The van der Waals surface area contributed by atoms with Crippen molar-refractivity contribution in [1.29, 1.82) is 0 Å². The molecule has 5 nitrogen and oxygen atoms in total. The topological polar surface area (TPSA) is 63.7 Å². The standard InChI is InChI=1S/C15H27NO4S/c1-3-20-15(17)12-6-5-9-16(11-12)13-7-4-8-14(10-13)21(2,18)19/h12-14H,3-11H2,1-2H3/t12-,13?,14?/m0/s1. The average Bonchev–Trinajstić information content (AvgIpc) is 2.47. The molecule has 0 aromatic heterocycles. The summed E-state index contributed by atoms with van der Waals surface area (Å²) in [5.41, 5.74) is 0. The van der Waals surface area contributed by atoms with Crippen LogP contribution >= 0.6 is 0 Å². The molecule has 2 fully saturated rings. The van der Waals surface area contributed by atoms with Gasteiger partial charge in [0.2, 0.25) is 0 Å². The summed E-state index contributed by atoms with van der Waals surface area (Å²) in [6.45, 7) is 3.95. The number of piperidine rings is 1. The predicted molar refractivity (Wildman–Crippen MR) is 81.8 cm³/mol. The molecule has 1 saturated carbocycles. The van der Waals surface area contributed by atoms with Crippen molar-refractivity contribution in [1.82, 2.24) is 4.90 Å². The van der Waals surface area contributed by atoms with Crippen molar-refractivity contribution in [2.45, 2.75) is 56.7 Å². The van der Waals surface area contributed by atoms with Crippen LogP contribution < -0.4 is 0 Å². The van der Waals surface area contributed by atoms with Crippen LogP contribution in [0.2, 0.25) is 0 Å². The van der Waals surface area contributed by atoms with Crippen LogP contribution in [0.25, 0.3) is 0 Å². The van der Waals surface area contributed by atoms with Crippen molar-refractivity contribution < 1.29 is 17.9 Å². The summed E-state index contributed by atoms with van der Waals surface area (Å²) in [6, 6.07) is 0.302. The van der Waals surface area contributed by atoms with E-state index in [4.69, 9.17) is 4.74 Å². The number of carbonyl (C=O) groups excluding carboxylic acids is 1. The molecule has 1 aliphatic carbocycles. The van der Waals surface area contributed by atoms with Crippen LogP contribution in [0.3, 0.4) is 0 Å². The fraction of sp³-hybridized carbons (Fsp3) is 0.933. The van der Waals surface area contributed by atoms with E-state index in [-0.39, 0.29) is 17.1 Å². The number of sulfone groups is 1. The minimum Gasteiger partial charge on any atom is -0.466 e. The summed E-state index contributed by atoms with van der Waals surface area (Å²) < 4.78 is 28.7. The maximum absolute atomic E-state index is 11.9. The van der Waals surface area contributed by atoms with E-state index in [1.165, 1.54) is 6.26 Å². The molecule has 2 unspecified atom stereocenters. The van der Waals surface area contributed by atoms with Gasteiger partial charge >= 0.3 is 5.97 Å². The van der Waals surface area contributed by atoms with E-state index in [0.717, 1.165) is 45.2 Å². The Hall–Kier alpha value is -0.620. The maximum atomic E-state index is 11.9. The highest BCUT2D eigenvalue weighted by Crippen LogP contribution is 2.30. The second-order valence-corrected chi connectivity index (χ2v) is 8.68. The van der Waals surface area contributed by atoms with Gasteiger partial charge in [0.05, 0.1) is 17.8 Å². The Balaban J connectivity index is 1.96. The molecule has 6 heteroatoms. The summed E-state index contributed by atoms with van der Waals surface area (Å²) in [5, 5.41) is -0.209. The number of hydrogen-bond acceptors (Lipinski definition) is 5. The van der Waals surface area contributed by atoms with Gasteiger partial charge in [0.1, 0.15) is 9.84 Å². The highest BCUT2D eigenvalue weighted by molar-refractivity contribution is 7.91. The zero-order valence-electron chi connectivity index (χ0n) is 13.1. The van der Waals surface area contributed by atoms with Crippen molar-refractivity contribution >= 4 is 15.8 Å². The van der Waals surface area contributed by atoms with Crippen LogP contribution in [0.1, 0.15) is 45.4 Å². The lowest BCUT2D eigenvalue weighted by Gasteiger charge is -2.40. The molecule has 0 aromatic rings. The minimum absolute atomic E-state index is 0.0442. The average molecular weight is 317 g/mol. The van der Waals surface area contributed by atoms with Gasteiger partial charge in [-0.2, -0.15) is 0 Å². The van der Waals surface area contributed by atoms with Crippen LogP contribution in [0.4, 0.5) is 0 Å². The SMILES string of the molecule is CCOC(=O)[C@H]1CCCN(C2CCCC(S(C)(=O)=O)C2)C1. The molecule has 0 radical (unpaired) electrons. The second kappa shape index (κ2) is 7.09. The summed E-state index contributed by atoms with van der Waals surface area (Å²) in [7, 11) is -2.95. The third-order valence-corrected chi connectivity index (χ3v) is 6.43. The van der Waals surface area contributed by atoms with E-state index in [0.29, 0.717) is 19.1 Å². The van der Waals surface area contributed by atoms with Crippen LogP contribution in [0.5, 0.6) is 0 Å². The quantitative estimate of drug-likeness (QED) is 0.737. The van der Waals surface area contributed by atoms with Crippen molar-refractivity contribution in [2.24, 2.45) is 5.92 Å². The summed E-state index contributed by atoms with van der Waals surface area (Å²) in [6.07, 6.45) is 6.72. The van der Waals surface area contributed by atoms with Crippen molar-refractivity contribution in [3.8, 4) is 0 Å². The maximum Gasteiger partial charge on any atom is 0.310 e. The first kappa shape index (κ1) is 16.7. The lowest BCUT2D eigenvalue weighted by atomic mass is 9.90. The molecule has 0 spiro atoms. The van der Waals surface area contributed by atoms with Gasteiger partial charge in [0.15, 0.2) is 0 Å². The molecule has 122 valence electrons. The molecular formula is C15H27NO4S. The van der Waals surface area contributed by atoms with Crippen molar-refractivity contribution in [3.63, 3.8) is 0 Å². The predicted octanol–water partition coefficient (Wildman–Crippen LogP) is 1.62. The van der Waals surface area contributed by atoms with Crippen molar-refractivity contribution in [2.75, 3.05) is 26.0 Å². The Morgan fingerprint density at radius 2 is 2.00 bits per heavy atom. The van der Waals surface area contributed by atoms with Crippen LogP contribution in [0.15, 0.2) is 0 Å². The third-order valence-electron chi connectivity index (χ3n) is 4.79. The first-order chi connectivity index (χ1) is 9.91. The highest BCUT2D eigenvalue weighted by Gasteiger charge is 2.35. The van der Waals surface area contributed by atoms with Gasteiger partial charge in [0.25, 0.3) is 0 Å². The molecule has 0 bridgehead atoms. The minimum atomic E-state index is -2.95. The molecule has 2 aliphatic rings. The Morgan fingerprint density at radius 1 is 1.24 bits per heavy atom. The van der Waals surface area contributed by atoms with Gasteiger partial charge in [0, 0.05) is 18.8 Å². The van der Waals surface area contributed by atoms with E-state index in [2.05, 4.69) is 4.90 Å². The zero-order chi connectivity index (χ0) is 15.5. The van der Waals surface area contributed by atoms with E-state index in [1.54, 1.807) is 0 Å². The number of rotatable bonds is 4. The fourth-order valence-corrected chi connectivity index (χ4v) is 4.80. The van der Waals surface area contributed by atoms with Gasteiger partial charge in [-0.25, -0.2) is 8.42 Å². The van der Waals surface area contributed by atoms with E-state index in [1.807, 2.05) is 6.92 Å². The van der Waals surface area contributed by atoms with Crippen LogP contribution in [-0.4, -0.2) is 56.5 Å². The van der Waals surface area contributed by atoms with Crippen molar-refractivity contribution in [3.05, 3.63) is 0 Å². The molecular weight excluding hydrogens is 290 g/mol. The molecule has 1 saturated heterocycles. The molecule has 0 aromatic carbocycles. The lowest BCUT2D eigenvalue weighted by Crippen LogP contribution is -2.48. The molecule has 1 heterocycles. The number of likely N-dealkylation sites (tertiary alicyclic amines) is 1. The lowest BCUT2D eigenvalue weighted by molar-refractivity contribution is -0.150. The Morgan fingerprint density at radius 3 is 2.67 bits per heavy atom. The Kier molecular flexibility index (Phi) is 5.66. The largest absolute Gasteiger partial charge is 0.466 e. The molecule has 2 rings (SSSR count). The number of esters is 1. The van der Waals surface area contributed by atoms with Crippen LogP contribution in [-0.2, 0) is 19.4 Å². The fourth-order valence-electron chi connectivity index (χ4n) is 3.63. The molecule has 21 heavy (non-hydrogen) atoms. The molecule has 3 atom stereocenters. The van der Waals surface area contributed by atoms with E-state index >= 15 is 0 Å².